The van der Waals surface area contributed by atoms with Crippen LogP contribution in [0.2, 0.25) is 0 Å². The van der Waals surface area contributed by atoms with Crippen LogP contribution in [0.25, 0.3) is 0 Å². The molecular weight excluding hydrogens is 172 g/mol. The molecule has 5 nitrogen and oxygen atoms in total. The van der Waals surface area contributed by atoms with E-state index in [4.69, 9.17) is 9.47 Å². The Morgan fingerprint density at radius 1 is 1.46 bits per heavy atom. The molecule has 0 saturated heterocycles. The first kappa shape index (κ1) is 10.2. The molecule has 0 spiro atoms. The van der Waals surface area contributed by atoms with Crippen LogP contribution >= 0.6 is 0 Å². The van der Waals surface area contributed by atoms with Gasteiger partial charge in [-0.25, -0.2) is 0 Å². The van der Waals surface area contributed by atoms with Crippen LogP contribution in [0.15, 0.2) is 12.4 Å². The first-order valence-corrected chi connectivity index (χ1v) is 3.91. The van der Waals surface area contributed by atoms with Gasteiger partial charge in [0, 0.05) is 33.0 Å². The molecule has 1 atom stereocenters. The lowest BCUT2D eigenvalue weighted by atomic mass is 10.2. The van der Waals surface area contributed by atoms with Crippen LogP contribution in [0.3, 0.4) is 0 Å². The zero-order valence-corrected chi connectivity index (χ0v) is 7.97. The Kier molecular flexibility index (Phi) is 3.41. The molecule has 0 radical (unpaired) electrons. The molecule has 0 aliphatic heterocycles. The summed E-state index contributed by atoms with van der Waals surface area (Å²) in [7, 11) is 4.74. The van der Waals surface area contributed by atoms with Gasteiger partial charge in [-0.2, -0.15) is 5.10 Å². The fourth-order valence-corrected chi connectivity index (χ4v) is 1.10. The normalized spacial score (nSPS) is 13.6. The van der Waals surface area contributed by atoms with E-state index < -0.39 is 12.4 Å². The van der Waals surface area contributed by atoms with E-state index in [1.54, 1.807) is 24.1 Å². The quantitative estimate of drug-likeness (QED) is 0.676. The summed E-state index contributed by atoms with van der Waals surface area (Å²) < 4.78 is 11.4. The number of rotatable bonds is 4. The third-order valence-corrected chi connectivity index (χ3v) is 1.79. The summed E-state index contributed by atoms with van der Waals surface area (Å²) >= 11 is 0. The first-order chi connectivity index (χ1) is 6.19. The van der Waals surface area contributed by atoms with Gasteiger partial charge in [-0.3, -0.25) is 4.68 Å². The van der Waals surface area contributed by atoms with Crippen molar-refractivity contribution in [2.24, 2.45) is 7.05 Å². The van der Waals surface area contributed by atoms with Crippen LogP contribution in [-0.4, -0.2) is 35.4 Å². The molecule has 0 aliphatic carbocycles. The maximum atomic E-state index is 9.69. The molecule has 1 unspecified atom stereocenters. The monoisotopic (exact) mass is 186 g/mol. The van der Waals surface area contributed by atoms with Gasteiger partial charge in [0.15, 0.2) is 6.29 Å². The van der Waals surface area contributed by atoms with Gasteiger partial charge in [-0.05, 0) is 0 Å². The van der Waals surface area contributed by atoms with Crippen molar-refractivity contribution < 1.29 is 14.6 Å². The van der Waals surface area contributed by atoms with Crippen LogP contribution in [0.4, 0.5) is 0 Å². The van der Waals surface area contributed by atoms with Crippen molar-refractivity contribution in [3.05, 3.63) is 18.0 Å². The standard InChI is InChI=1S/C8H14N2O3/c1-10-5-6(4-9-10)7(11)8(12-2)13-3/h4-5,7-8,11H,1-3H3. The highest BCUT2D eigenvalue weighted by atomic mass is 16.7. The SMILES string of the molecule is COC(OC)C(O)c1cnn(C)c1. The number of aliphatic hydroxyl groups excluding tert-OH is 1. The molecule has 0 bridgehead atoms. The molecule has 0 fully saturated rings. The predicted octanol–water partition coefficient (Wildman–Crippen LogP) is 0.0724. The molecule has 5 heteroatoms. The number of hydrogen-bond donors (Lipinski definition) is 1. The Labute approximate surface area is 76.9 Å². The molecule has 1 aromatic rings. The first-order valence-electron chi connectivity index (χ1n) is 3.91. The van der Waals surface area contributed by atoms with Gasteiger partial charge in [-0.1, -0.05) is 0 Å². The number of nitrogens with zero attached hydrogens (tertiary/aromatic N) is 2. The molecule has 0 aliphatic rings. The highest BCUT2D eigenvalue weighted by Crippen LogP contribution is 2.17. The second-order valence-electron chi connectivity index (χ2n) is 2.73. The smallest absolute Gasteiger partial charge is 0.187 e. The van der Waals surface area contributed by atoms with Crippen LogP contribution < -0.4 is 0 Å². The molecule has 74 valence electrons. The molecule has 0 amide bonds. The minimum atomic E-state index is -0.802. The summed E-state index contributed by atoms with van der Waals surface area (Å²) in [5.74, 6) is 0. The van der Waals surface area contributed by atoms with E-state index in [1.807, 2.05) is 0 Å². The summed E-state index contributed by atoms with van der Waals surface area (Å²) in [4.78, 5) is 0. The molecule has 1 aromatic heterocycles. The Hall–Kier alpha value is -0.910. The highest BCUT2D eigenvalue weighted by molar-refractivity contribution is 5.08. The van der Waals surface area contributed by atoms with E-state index >= 15 is 0 Å². The maximum absolute atomic E-state index is 9.69. The maximum Gasteiger partial charge on any atom is 0.187 e. The second kappa shape index (κ2) is 4.36. The second-order valence-corrected chi connectivity index (χ2v) is 2.73. The number of ether oxygens (including phenoxy) is 2. The third kappa shape index (κ3) is 2.27. The van der Waals surface area contributed by atoms with Gasteiger partial charge in [0.2, 0.25) is 0 Å². The van der Waals surface area contributed by atoms with Gasteiger partial charge in [0.1, 0.15) is 6.10 Å². The fraction of sp³-hybridized carbons (Fsp3) is 0.625. The predicted molar refractivity (Wildman–Crippen MR) is 46.0 cm³/mol. The number of aromatic nitrogens is 2. The summed E-state index contributed by atoms with van der Waals surface area (Å²) in [6.45, 7) is 0. The van der Waals surface area contributed by atoms with Crippen molar-refractivity contribution in [3.8, 4) is 0 Å². The Balaban J connectivity index is 2.71. The average molecular weight is 186 g/mol. The highest BCUT2D eigenvalue weighted by Gasteiger charge is 2.20. The minimum Gasteiger partial charge on any atom is -0.383 e. The van der Waals surface area contributed by atoms with E-state index in [-0.39, 0.29) is 0 Å². The van der Waals surface area contributed by atoms with Crippen LogP contribution in [0.1, 0.15) is 11.7 Å². The van der Waals surface area contributed by atoms with Gasteiger partial charge < -0.3 is 14.6 Å². The summed E-state index contributed by atoms with van der Waals surface area (Å²) in [6.07, 6.45) is 1.85. The van der Waals surface area contributed by atoms with Crippen molar-refractivity contribution in [1.82, 2.24) is 9.78 Å². The minimum absolute atomic E-state index is 0.649. The van der Waals surface area contributed by atoms with Gasteiger partial charge in [0.05, 0.1) is 6.20 Å². The number of hydrogen-bond acceptors (Lipinski definition) is 4. The molecule has 13 heavy (non-hydrogen) atoms. The Morgan fingerprint density at radius 2 is 2.08 bits per heavy atom. The third-order valence-electron chi connectivity index (χ3n) is 1.79. The Bertz CT molecular complexity index is 258. The van der Waals surface area contributed by atoms with Gasteiger partial charge >= 0.3 is 0 Å². The van der Waals surface area contributed by atoms with E-state index in [1.165, 1.54) is 14.2 Å². The van der Waals surface area contributed by atoms with Crippen molar-refractivity contribution in [2.75, 3.05) is 14.2 Å². The zero-order valence-electron chi connectivity index (χ0n) is 7.97. The molecule has 0 saturated carbocycles. The van der Waals surface area contributed by atoms with Gasteiger partial charge in [0.25, 0.3) is 0 Å². The molecule has 0 aromatic carbocycles. The van der Waals surface area contributed by atoms with Crippen molar-refractivity contribution in [3.63, 3.8) is 0 Å². The lowest BCUT2D eigenvalue weighted by Gasteiger charge is -2.18. The fourth-order valence-electron chi connectivity index (χ4n) is 1.10. The van der Waals surface area contributed by atoms with Gasteiger partial charge in [-0.15, -0.1) is 0 Å². The van der Waals surface area contributed by atoms with Crippen molar-refractivity contribution >= 4 is 0 Å². The van der Waals surface area contributed by atoms with E-state index in [2.05, 4.69) is 5.10 Å². The van der Waals surface area contributed by atoms with Crippen LogP contribution in [0.5, 0.6) is 0 Å². The van der Waals surface area contributed by atoms with Crippen LogP contribution in [0, 0.1) is 0 Å². The van der Waals surface area contributed by atoms with Crippen molar-refractivity contribution in [1.29, 1.82) is 0 Å². The molecular formula is C8H14N2O3. The average Bonchev–Trinajstić information content (AvgIpc) is 2.54. The number of aliphatic hydroxyl groups is 1. The zero-order chi connectivity index (χ0) is 9.84. The Morgan fingerprint density at radius 3 is 2.46 bits per heavy atom. The molecule has 1 rings (SSSR count). The lowest BCUT2D eigenvalue weighted by Crippen LogP contribution is -2.22. The van der Waals surface area contributed by atoms with E-state index in [9.17, 15) is 5.11 Å². The van der Waals surface area contributed by atoms with E-state index in [0.29, 0.717) is 5.56 Å². The number of methoxy groups -OCH3 is 2. The topological polar surface area (TPSA) is 56.5 Å². The molecule has 1 N–H and O–H groups in total. The van der Waals surface area contributed by atoms with E-state index in [0.717, 1.165) is 0 Å². The van der Waals surface area contributed by atoms with Crippen molar-refractivity contribution in [2.45, 2.75) is 12.4 Å². The summed E-state index contributed by atoms with van der Waals surface area (Å²) in [5, 5.41) is 13.6. The molecule has 1 heterocycles. The summed E-state index contributed by atoms with van der Waals surface area (Å²) in [6, 6.07) is 0. The lowest BCUT2D eigenvalue weighted by molar-refractivity contribution is -0.166. The summed E-state index contributed by atoms with van der Waals surface area (Å²) in [5.41, 5.74) is 0.677. The number of aryl methyl sites for hydroxylation is 1. The van der Waals surface area contributed by atoms with Crippen LogP contribution in [-0.2, 0) is 16.5 Å². The largest absolute Gasteiger partial charge is 0.383 e.